The minimum atomic E-state index is -0.354. The van der Waals surface area contributed by atoms with Gasteiger partial charge >= 0.3 is 0 Å². The van der Waals surface area contributed by atoms with E-state index in [1.54, 1.807) is 0 Å². The van der Waals surface area contributed by atoms with Gasteiger partial charge in [-0.2, -0.15) is 0 Å². The number of rotatable bonds is 2. The van der Waals surface area contributed by atoms with E-state index < -0.39 is 0 Å². The lowest BCUT2D eigenvalue weighted by Crippen LogP contribution is -2.25. The number of nitrogens with zero attached hydrogens (tertiary/aromatic N) is 2. The van der Waals surface area contributed by atoms with Gasteiger partial charge in [0, 0.05) is 52.4 Å². The molecule has 10 aromatic carbocycles. The SMILES string of the molecule is CC12c3ccc4c(c3)N(c3ccc5c(-c6ccccc6)c6cc(N7c8ccccc8Cc8ccccc87)ccc6c(c5c3)-c3ccc(c1c3)-c1ccccc12)c1ccccc1C4. The van der Waals surface area contributed by atoms with Crippen LogP contribution >= 0.6 is 0 Å². The Bertz CT molecular complexity index is 3520. The number of fused-ring (bicyclic) bond motifs is 15. The number of hydrogen-bond acceptors (Lipinski definition) is 2. The molecule has 0 saturated heterocycles. The Kier molecular flexibility index (Phi) is 6.84. The molecule has 1 aliphatic carbocycles. The van der Waals surface area contributed by atoms with E-state index in [-0.39, 0.29) is 5.41 Å². The maximum Gasteiger partial charge on any atom is 0.0500 e. The average Bonchev–Trinajstić information content (AvgIpc) is 3.58. The van der Waals surface area contributed by atoms with E-state index in [2.05, 4.69) is 217 Å². The van der Waals surface area contributed by atoms with Crippen molar-refractivity contribution < 1.29 is 0 Å². The van der Waals surface area contributed by atoms with Crippen molar-refractivity contribution in [3.8, 4) is 33.4 Å². The van der Waals surface area contributed by atoms with Crippen molar-refractivity contribution in [1.82, 2.24) is 0 Å². The number of anilines is 6. The molecule has 0 saturated carbocycles. The fraction of sp³-hybridized carbons (Fsp3) is 0.0667. The highest BCUT2D eigenvalue weighted by Crippen LogP contribution is 2.57. The molecule has 3 heterocycles. The van der Waals surface area contributed by atoms with Gasteiger partial charge in [0.15, 0.2) is 0 Å². The van der Waals surface area contributed by atoms with Crippen LogP contribution in [0.2, 0.25) is 0 Å². The zero-order chi connectivity index (χ0) is 40.7. The maximum atomic E-state index is 2.54. The van der Waals surface area contributed by atoms with Gasteiger partial charge < -0.3 is 9.80 Å². The van der Waals surface area contributed by atoms with E-state index in [1.165, 1.54) is 128 Å². The largest absolute Gasteiger partial charge is 0.310 e. The molecule has 0 radical (unpaired) electrons. The Morgan fingerprint density at radius 3 is 1.52 bits per heavy atom. The molecule has 0 amide bonds. The highest BCUT2D eigenvalue weighted by Gasteiger charge is 2.42. The summed E-state index contributed by atoms with van der Waals surface area (Å²) in [7, 11) is 0. The standard InChI is InChI=1S/C60H40N2/c1-60-43-25-23-41-32-40-17-7-12-22-56(40)62(57(41)34-43)45-27-29-48-51(36-45)59(42-24-28-47(53(60)33-42)46-18-8-9-19-52(46)60)49-30-26-44(35-50(49)58(48)37-13-3-2-4-14-37)61-54-20-10-5-15-38(54)31-39-16-6-11-21-55(39)61/h2-30,33-36H,31-32H2,1H3. The first-order chi connectivity index (χ1) is 30.6. The lowest BCUT2D eigenvalue weighted by Gasteiger charge is -2.37. The van der Waals surface area contributed by atoms with Gasteiger partial charge in [-0.15, -0.1) is 0 Å². The van der Waals surface area contributed by atoms with Gasteiger partial charge in [-0.1, -0.05) is 146 Å². The van der Waals surface area contributed by atoms with Gasteiger partial charge in [0.2, 0.25) is 0 Å². The lowest BCUT2D eigenvalue weighted by molar-refractivity contribution is 0.713. The van der Waals surface area contributed by atoms with Crippen LogP contribution in [0.3, 0.4) is 0 Å². The van der Waals surface area contributed by atoms with E-state index in [1.807, 2.05) is 0 Å². The summed E-state index contributed by atoms with van der Waals surface area (Å²) >= 11 is 0. The van der Waals surface area contributed by atoms with Crippen LogP contribution in [0, 0.1) is 0 Å². The summed E-state index contributed by atoms with van der Waals surface area (Å²) in [5.41, 5.74) is 24.1. The lowest BCUT2D eigenvalue weighted by atomic mass is 9.72. The molecule has 0 aromatic heterocycles. The fourth-order valence-corrected chi connectivity index (χ4v) is 11.8. The second-order valence-corrected chi connectivity index (χ2v) is 17.8. The van der Waals surface area contributed by atoms with Crippen LogP contribution in [0.15, 0.2) is 200 Å². The topological polar surface area (TPSA) is 6.48 Å². The van der Waals surface area contributed by atoms with E-state index >= 15 is 0 Å². The van der Waals surface area contributed by atoms with E-state index in [9.17, 15) is 0 Å². The highest BCUT2D eigenvalue weighted by molar-refractivity contribution is 6.23. The Balaban J connectivity index is 1.13. The van der Waals surface area contributed by atoms with Crippen molar-refractivity contribution in [3.63, 3.8) is 0 Å². The molecule has 14 rings (SSSR count). The number of hydrogen-bond donors (Lipinski definition) is 0. The van der Waals surface area contributed by atoms with Crippen LogP contribution in [0.5, 0.6) is 0 Å². The zero-order valence-electron chi connectivity index (χ0n) is 34.4. The summed E-state index contributed by atoms with van der Waals surface area (Å²) < 4.78 is 0. The Morgan fingerprint density at radius 1 is 0.355 bits per heavy atom. The van der Waals surface area contributed by atoms with Gasteiger partial charge in [0.25, 0.3) is 0 Å². The predicted molar refractivity (Wildman–Crippen MR) is 258 cm³/mol. The molecule has 1 unspecified atom stereocenters. The minimum Gasteiger partial charge on any atom is -0.310 e. The quantitative estimate of drug-likeness (QED) is 0.161. The Hall–Kier alpha value is -7.68. The first kappa shape index (κ1) is 34.1. The average molecular weight is 789 g/mol. The van der Waals surface area contributed by atoms with Gasteiger partial charge in [0.1, 0.15) is 0 Å². The predicted octanol–water partition coefficient (Wildman–Crippen LogP) is 15.7. The van der Waals surface area contributed by atoms with Gasteiger partial charge in [-0.3, -0.25) is 0 Å². The second kappa shape index (κ2) is 12.4. The normalized spacial score (nSPS) is 16.0. The Labute approximate surface area is 361 Å². The summed E-state index contributed by atoms with van der Waals surface area (Å²) in [6.45, 7) is 2.46. The highest BCUT2D eigenvalue weighted by atomic mass is 15.2. The molecule has 0 spiro atoms. The van der Waals surface area contributed by atoms with Crippen molar-refractivity contribution in [1.29, 1.82) is 0 Å². The summed E-state index contributed by atoms with van der Waals surface area (Å²) in [4.78, 5) is 5.03. The van der Waals surface area contributed by atoms with Crippen LogP contribution in [0.1, 0.15) is 45.9 Å². The monoisotopic (exact) mass is 788 g/mol. The number of benzene rings is 10. The molecule has 62 heavy (non-hydrogen) atoms. The van der Waals surface area contributed by atoms with Crippen molar-refractivity contribution in [2.75, 3.05) is 9.80 Å². The molecule has 4 aliphatic rings. The third-order valence-corrected chi connectivity index (χ3v) is 14.6. The molecule has 10 aromatic rings. The summed E-state index contributed by atoms with van der Waals surface area (Å²) in [6.07, 6.45) is 1.84. The van der Waals surface area contributed by atoms with Crippen LogP contribution in [0.4, 0.5) is 34.1 Å². The van der Waals surface area contributed by atoms with E-state index in [0.29, 0.717) is 0 Å². The fourth-order valence-electron chi connectivity index (χ4n) is 11.8. The first-order valence-electron chi connectivity index (χ1n) is 21.9. The molecule has 290 valence electrons. The molecular weight excluding hydrogens is 749 g/mol. The van der Waals surface area contributed by atoms with E-state index in [4.69, 9.17) is 0 Å². The molecule has 3 aliphatic heterocycles. The molecule has 2 nitrogen and oxygen atoms in total. The third kappa shape index (κ3) is 4.53. The molecular formula is C60H40N2. The summed E-state index contributed by atoms with van der Waals surface area (Å²) in [6, 6.07) is 76.2. The van der Waals surface area contributed by atoms with Gasteiger partial charge in [-0.25, -0.2) is 0 Å². The molecule has 2 heteroatoms. The van der Waals surface area contributed by atoms with Gasteiger partial charge in [-0.05, 0) is 155 Å². The molecule has 0 fully saturated rings. The smallest absolute Gasteiger partial charge is 0.0500 e. The summed E-state index contributed by atoms with van der Waals surface area (Å²) in [5.74, 6) is 0. The van der Waals surface area contributed by atoms with Crippen LogP contribution < -0.4 is 9.80 Å². The second-order valence-electron chi connectivity index (χ2n) is 17.8. The maximum absolute atomic E-state index is 2.54. The van der Waals surface area contributed by atoms with Crippen molar-refractivity contribution in [2.24, 2.45) is 0 Å². The van der Waals surface area contributed by atoms with Crippen molar-refractivity contribution in [2.45, 2.75) is 25.2 Å². The first-order valence-corrected chi connectivity index (χ1v) is 21.9. The van der Waals surface area contributed by atoms with Crippen LogP contribution in [-0.4, -0.2) is 0 Å². The van der Waals surface area contributed by atoms with Crippen molar-refractivity contribution in [3.05, 3.63) is 239 Å². The number of para-hydroxylation sites is 3. The van der Waals surface area contributed by atoms with Gasteiger partial charge in [0.05, 0.1) is 0 Å². The minimum absolute atomic E-state index is 0.354. The van der Waals surface area contributed by atoms with Crippen LogP contribution in [-0.2, 0) is 18.3 Å². The molecule has 1 atom stereocenters. The summed E-state index contributed by atoms with van der Waals surface area (Å²) in [5, 5.41) is 5.01. The van der Waals surface area contributed by atoms with Crippen molar-refractivity contribution >= 4 is 55.7 Å². The Morgan fingerprint density at radius 2 is 0.871 bits per heavy atom. The molecule has 0 N–H and O–H groups in total. The molecule has 6 bridgehead atoms. The van der Waals surface area contributed by atoms with E-state index in [0.717, 1.165) is 12.8 Å². The third-order valence-electron chi connectivity index (χ3n) is 14.6. The van der Waals surface area contributed by atoms with Crippen LogP contribution in [0.25, 0.3) is 54.9 Å². The zero-order valence-corrected chi connectivity index (χ0v) is 34.4.